The maximum absolute atomic E-state index is 14.6. The van der Waals surface area contributed by atoms with E-state index in [1.165, 1.54) is 0 Å². The predicted octanol–water partition coefficient (Wildman–Crippen LogP) is -2.32. The number of phosphoric ester groups is 1. The molecule has 148 valence electrons. The van der Waals surface area contributed by atoms with Crippen LogP contribution < -0.4 is 11.2 Å². The Labute approximate surface area is 142 Å². The van der Waals surface area contributed by atoms with E-state index in [4.69, 9.17) is 14.7 Å². The largest absolute Gasteiger partial charge is 0.481 e. The molecule has 0 aliphatic carbocycles. The maximum Gasteiger partial charge on any atom is 0.481 e. The second-order valence-corrected chi connectivity index (χ2v) is 7.89. The lowest BCUT2D eigenvalue weighted by atomic mass is 10.1. The Morgan fingerprint density at radius 3 is 2.46 bits per heavy atom. The average molecular weight is 422 g/mol. The third-order valence-electron chi connectivity index (χ3n) is 3.13. The minimum atomic E-state index is -5.46. The monoisotopic (exact) mass is 422 g/mol. The van der Waals surface area contributed by atoms with Crippen LogP contribution in [0.2, 0.25) is 0 Å². The van der Waals surface area contributed by atoms with Gasteiger partial charge in [-0.05, 0) is 0 Å². The van der Waals surface area contributed by atoms with E-state index in [2.05, 4.69) is 13.6 Å². The first-order valence-electron chi connectivity index (χ1n) is 6.53. The summed E-state index contributed by atoms with van der Waals surface area (Å²) in [6.07, 6.45) is -5.50. The minimum Gasteiger partial charge on any atom is -0.385 e. The molecular weight excluding hydrogens is 409 g/mol. The average Bonchev–Trinajstić information content (AvgIpc) is 2.68. The molecule has 0 radical (unpaired) electrons. The zero-order valence-electron chi connectivity index (χ0n) is 12.4. The van der Waals surface area contributed by atoms with Gasteiger partial charge in [-0.25, -0.2) is 18.3 Å². The molecular formula is C9H13FN2O12P2. The summed E-state index contributed by atoms with van der Waals surface area (Å²) >= 11 is 0. The molecule has 1 aliphatic rings. The van der Waals surface area contributed by atoms with Crippen LogP contribution in [0.25, 0.3) is 0 Å². The van der Waals surface area contributed by atoms with Crippen molar-refractivity contribution < 1.29 is 52.0 Å². The predicted molar refractivity (Wildman–Crippen MR) is 76.2 cm³/mol. The third kappa shape index (κ3) is 4.72. The first kappa shape index (κ1) is 21.1. The van der Waals surface area contributed by atoms with Crippen LogP contribution >= 0.6 is 15.6 Å². The van der Waals surface area contributed by atoms with Gasteiger partial charge >= 0.3 is 21.3 Å². The molecule has 0 spiro atoms. The highest BCUT2D eigenvalue weighted by molar-refractivity contribution is 7.60. The van der Waals surface area contributed by atoms with Gasteiger partial charge in [0.25, 0.3) is 11.4 Å². The van der Waals surface area contributed by atoms with Gasteiger partial charge in [0.05, 0.1) is 0 Å². The van der Waals surface area contributed by atoms with Gasteiger partial charge in [0.2, 0.25) is 0 Å². The normalized spacial score (nSPS) is 31.7. The third-order valence-corrected chi connectivity index (χ3v) is 5.27. The Hall–Kier alpha value is -1.25. The lowest BCUT2D eigenvalue weighted by Crippen LogP contribution is -2.43. The quantitative estimate of drug-likeness (QED) is 0.266. The van der Waals surface area contributed by atoms with E-state index >= 15 is 0 Å². The van der Waals surface area contributed by atoms with Gasteiger partial charge in [-0.3, -0.25) is 18.9 Å². The van der Waals surface area contributed by atoms with E-state index in [9.17, 15) is 33.3 Å². The number of nitrogens with zero attached hydrogens (tertiary/aromatic N) is 1. The summed E-state index contributed by atoms with van der Waals surface area (Å²) in [4.78, 5) is 50.4. The molecule has 1 aromatic rings. The molecule has 0 saturated carbocycles. The van der Waals surface area contributed by atoms with Crippen LogP contribution in [0, 0.1) is 0 Å². The van der Waals surface area contributed by atoms with Crippen molar-refractivity contribution in [2.24, 2.45) is 0 Å². The Kier molecular flexibility index (Phi) is 5.71. The van der Waals surface area contributed by atoms with Crippen molar-refractivity contribution >= 4 is 15.6 Å². The van der Waals surface area contributed by atoms with Crippen LogP contribution in [0.15, 0.2) is 21.9 Å². The van der Waals surface area contributed by atoms with E-state index in [1.54, 1.807) is 4.98 Å². The summed E-state index contributed by atoms with van der Waals surface area (Å²) in [6.45, 7) is -1.60. The number of aliphatic hydroxyl groups is 2. The first-order valence-corrected chi connectivity index (χ1v) is 9.55. The van der Waals surface area contributed by atoms with Crippen LogP contribution in [0.1, 0.15) is 6.23 Å². The highest BCUT2D eigenvalue weighted by Crippen LogP contribution is 2.58. The molecule has 5 atom stereocenters. The number of aromatic amines is 1. The highest BCUT2D eigenvalue weighted by Gasteiger charge is 2.57. The summed E-state index contributed by atoms with van der Waals surface area (Å²) < 4.78 is 49.1. The smallest absolute Gasteiger partial charge is 0.385 e. The summed E-state index contributed by atoms with van der Waals surface area (Å²) in [6, 6.07) is 0.842. The number of nitrogens with one attached hydrogen (secondary N) is 1. The Bertz CT molecular complexity index is 880. The van der Waals surface area contributed by atoms with Crippen molar-refractivity contribution in [2.45, 2.75) is 24.3 Å². The Balaban J connectivity index is 2.19. The summed E-state index contributed by atoms with van der Waals surface area (Å²) in [5.74, 6) is -3.36. The standard InChI is InChI=1S/C9H13FN2O12P2/c10-9(3-22-26(20,21)24-25(17,18)19)6(15)5(14)7(23-9)12-2-1-4(13)11-8(12)16/h1-2,5-7,14-15H,3H2,(H,20,21)(H,11,13,16)(H2,17,18,19)/t5-,6+,7-,9-/m1/s1. The fourth-order valence-corrected chi connectivity index (χ4v) is 3.65. The lowest BCUT2D eigenvalue weighted by Gasteiger charge is -2.23. The summed E-state index contributed by atoms with van der Waals surface area (Å²) in [7, 11) is -10.9. The van der Waals surface area contributed by atoms with Crippen molar-refractivity contribution in [3.8, 4) is 0 Å². The number of H-pyrrole nitrogens is 1. The first-order chi connectivity index (χ1) is 11.7. The van der Waals surface area contributed by atoms with E-state index in [1.807, 2.05) is 0 Å². The van der Waals surface area contributed by atoms with E-state index in [0.29, 0.717) is 4.57 Å². The van der Waals surface area contributed by atoms with Gasteiger partial charge in [-0.1, -0.05) is 0 Å². The van der Waals surface area contributed by atoms with Gasteiger partial charge in [-0.2, -0.15) is 4.31 Å². The van der Waals surface area contributed by atoms with Crippen LogP contribution in [0.3, 0.4) is 0 Å². The van der Waals surface area contributed by atoms with Crippen LogP contribution in [0.4, 0.5) is 4.39 Å². The van der Waals surface area contributed by atoms with Gasteiger partial charge in [0.15, 0.2) is 6.23 Å². The number of halogens is 1. The van der Waals surface area contributed by atoms with Crippen LogP contribution in [-0.4, -0.2) is 59.1 Å². The molecule has 1 fully saturated rings. The van der Waals surface area contributed by atoms with Crippen molar-refractivity contribution in [3.05, 3.63) is 33.1 Å². The molecule has 1 unspecified atom stereocenters. The Morgan fingerprint density at radius 1 is 1.31 bits per heavy atom. The molecule has 1 saturated heterocycles. The second kappa shape index (κ2) is 7.05. The number of rotatable bonds is 6. The van der Waals surface area contributed by atoms with Gasteiger partial charge in [0, 0.05) is 12.3 Å². The van der Waals surface area contributed by atoms with Gasteiger partial charge in [0.1, 0.15) is 18.8 Å². The van der Waals surface area contributed by atoms with Crippen molar-refractivity contribution in [1.29, 1.82) is 0 Å². The lowest BCUT2D eigenvalue weighted by molar-refractivity contribution is -0.204. The fraction of sp³-hybridized carbons (Fsp3) is 0.556. The molecule has 0 amide bonds. The molecule has 17 heteroatoms. The topological polar surface area (TPSA) is 218 Å². The number of hydrogen-bond acceptors (Lipinski definition) is 9. The van der Waals surface area contributed by atoms with Crippen LogP contribution in [0.5, 0.6) is 0 Å². The SMILES string of the molecule is O=c1ccn([C@@H]2O[C@](F)(COP(=O)(O)OP(=O)(O)O)[C@@H](O)[C@H]2O)c(=O)[nH]1. The molecule has 26 heavy (non-hydrogen) atoms. The summed E-state index contributed by atoms with van der Waals surface area (Å²) in [5.41, 5.74) is -1.92. The Morgan fingerprint density at radius 2 is 1.92 bits per heavy atom. The van der Waals surface area contributed by atoms with Crippen molar-refractivity contribution in [2.75, 3.05) is 6.61 Å². The van der Waals surface area contributed by atoms with Gasteiger partial charge in [-0.15, -0.1) is 0 Å². The second-order valence-electron chi connectivity index (χ2n) is 5.06. The minimum absolute atomic E-state index is 0.529. The van der Waals surface area contributed by atoms with Crippen LogP contribution in [-0.2, 0) is 22.7 Å². The fourth-order valence-electron chi connectivity index (χ4n) is 2.05. The molecule has 2 rings (SSSR count). The number of alkyl halides is 1. The molecule has 2 heterocycles. The van der Waals surface area contributed by atoms with E-state index < -0.39 is 57.8 Å². The number of phosphoric acid groups is 2. The zero-order chi connectivity index (χ0) is 19.9. The summed E-state index contributed by atoms with van der Waals surface area (Å²) in [5, 5.41) is 19.6. The molecule has 1 aromatic heterocycles. The number of aromatic nitrogens is 2. The maximum atomic E-state index is 14.6. The van der Waals surface area contributed by atoms with Crippen molar-refractivity contribution in [1.82, 2.24) is 9.55 Å². The number of aliphatic hydroxyl groups excluding tert-OH is 2. The molecule has 1 aliphatic heterocycles. The van der Waals surface area contributed by atoms with Crippen molar-refractivity contribution in [3.63, 3.8) is 0 Å². The molecule has 0 aromatic carbocycles. The molecule has 0 bridgehead atoms. The van der Waals surface area contributed by atoms with Gasteiger partial charge < -0.3 is 29.6 Å². The van der Waals surface area contributed by atoms with E-state index in [0.717, 1.165) is 12.3 Å². The number of hydrogen-bond donors (Lipinski definition) is 6. The zero-order valence-corrected chi connectivity index (χ0v) is 14.2. The molecule has 6 N–H and O–H groups in total. The number of ether oxygens (including phenoxy) is 1. The highest BCUT2D eigenvalue weighted by atomic mass is 31.3. The molecule has 14 nitrogen and oxygen atoms in total. The van der Waals surface area contributed by atoms with E-state index in [-0.39, 0.29) is 0 Å².